The summed E-state index contributed by atoms with van der Waals surface area (Å²) in [6.07, 6.45) is 34.5. The summed E-state index contributed by atoms with van der Waals surface area (Å²) in [5, 5.41) is 0. The van der Waals surface area contributed by atoms with Gasteiger partial charge in [-0.05, 0) is 134 Å². The zero-order valence-corrected chi connectivity index (χ0v) is 28.3. The van der Waals surface area contributed by atoms with Crippen molar-refractivity contribution in [1.29, 1.82) is 0 Å². The minimum absolute atomic E-state index is 0.770. The summed E-state index contributed by atoms with van der Waals surface area (Å²) in [7, 11) is 0. The fourth-order valence-electron chi connectivity index (χ4n) is 7.08. The molecule has 238 valence electrons. The molecule has 0 N–H and O–H groups in total. The molecule has 0 aromatic carbocycles. The maximum atomic E-state index is 4.56. The normalized spacial score (nSPS) is 18.8. The Labute approximate surface area is 258 Å². The van der Waals surface area contributed by atoms with E-state index >= 15 is 0 Å². The van der Waals surface area contributed by atoms with E-state index in [9.17, 15) is 0 Å². The minimum atomic E-state index is 0.770. The molecule has 2 aliphatic rings. The molecule has 2 fully saturated rings. The van der Waals surface area contributed by atoms with Crippen LogP contribution in [0.4, 0.5) is 0 Å². The molecule has 0 aromatic rings. The predicted octanol–water partition coefficient (Wildman–Crippen LogP) is 11.5. The van der Waals surface area contributed by atoms with E-state index in [1.165, 1.54) is 180 Å². The van der Waals surface area contributed by atoms with Gasteiger partial charge < -0.3 is 9.80 Å². The van der Waals surface area contributed by atoms with E-state index in [0.717, 1.165) is 17.9 Å². The van der Waals surface area contributed by atoms with Crippen LogP contribution in [0.3, 0.4) is 0 Å². The Balaban J connectivity index is 1.38. The van der Waals surface area contributed by atoms with E-state index in [2.05, 4.69) is 55.9 Å². The summed E-state index contributed by atoms with van der Waals surface area (Å²) in [6, 6.07) is 0.840. The smallest absolute Gasteiger partial charge is 0.0120 e. The molecule has 2 saturated heterocycles. The predicted molar refractivity (Wildman–Crippen MR) is 185 cm³/mol. The molecular formula is C39H72N2. The second kappa shape index (κ2) is 23.6. The molecule has 0 amide bonds. The molecule has 2 heterocycles. The van der Waals surface area contributed by atoms with Gasteiger partial charge >= 0.3 is 0 Å². The van der Waals surface area contributed by atoms with Crippen LogP contribution in [0.5, 0.6) is 0 Å². The van der Waals surface area contributed by atoms with Gasteiger partial charge in [-0.25, -0.2) is 0 Å². The third kappa shape index (κ3) is 17.1. The van der Waals surface area contributed by atoms with Crippen LogP contribution >= 0.6 is 0 Å². The quantitative estimate of drug-likeness (QED) is 0.0844. The van der Waals surface area contributed by atoms with Crippen molar-refractivity contribution in [3.05, 3.63) is 36.5 Å². The van der Waals surface area contributed by atoms with E-state index in [1.54, 1.807) is 5.57 Å². The topological polar surface area (TPSA) is 6.48 Å². The van der Waals surface area contributed by atoms with Crippen LogP contribution in [0.2, 0.25) is 0 Å². The zero-order valence-electron chi connectivity index (χ0n) is 28.3. The van der Waals surface area contributed by atoms with Gasteiger partial charge in [-0.3, -0.25) is 0 Å². The summed E-state index contributed by atoms with van der Waals surface area (Å²) >= 11 is 0. The second-order valence-electron chi connectivity index (χ2n) is 13.9. The van der Waals surface area contributed by atoms with Crippen molar-refractivity contribution in [1.82, 2.24) is 9.80 Å². The van der Waals surface area contributed by atoms with Crippen LogP contribution in [0.25, 0.3) is 0 Å². The van der Waals surface area contributed by atoms with Gasteiger partial charge in [0.15, 0.2) is 0 Å². The highest BCUT2D eigenvalue weighted by atomic mass is 15.2. The lowest BCUT2D eigenvalue weighted by Gasteiger charge is -2.42. The van der Waals surface area contributed by atoms with Crippen LogP contribution < -0.4 is 0 Å². The average molecular weight is 569 g/mol. The summed E-state index contributed by atoms with van der Waals surface area (Å²) < 4.78 is 0. The number of unbranched alkanes of at least 4 members (excludes halogenated alkanes) is 11. The Kier molecular flexibility index (Phi) is 20.9. The molecule has 2 heteroatoms. The van der Waals surface area contributed by atoms with Gasteiger partial charge in [0.25, 0.3) is 0 Å². The number of allylic oxidation sites excluding steroid dienone is 4. The first-order valence-corrected chi connectivity index (χ1v) is 18.5. The van der Waals surface area contributed by atoms with Gasteiger partial charge in [-0.1, -0.05) is 109 Å². The lowest BCUT2D eigenvalue weighted by molar-refractivity contribution is 0.0841. The van der Waals surface area contributed by atoms with Crippen LogP contribution in [0, 0.1) is 11.8 Å². The molecule has 2 rings (SSSR count). The molecule has 0 radical (unpaired) electrons. The number of nitrogens with zero attached hydrogens (tertiary/aromatic N) is 2. The summed E-state index contributed by atoms with van der Waals surface area (Å²) in [5.74, 6) is 1.57. The van der Waals surface area contributed by atoms with E-state index in [0.29, 0.717) is 0 Å². The number of likely N-dealkylation sites (tertiary alicyclic amines) is 2. The number of hydrogen-bond acceptors (Lipinski definition) is 2. The van der Waals surface area contributed by atoms with Gasteiger partial charge in [0.2, 0.25) is 0 Å². The first-order valence-electron chi connectivity index (χ1n) is 18.5. The van der Waals surface area contributed by atoms with Gasteiger partial charge in [0, 0.05) is 6.04 Å². The maximum absolute atomic E-state index is 4.56. The zero-order chi connectivity index (χ0) is 29.5. The monoisotopic (exact) mass is 569 g/mol. The highest BCUT2D eigenvalue weighted by Gasteiger charge is 2.28. The summed E-state index contributed by atoms with van der Waals surface area (Å²) in [6.45, 7) is 22.4. The lowest BCUT2D eigenvalue weighted by atomic mass is 9.84. The van der Waals surface area contributed by atoms with Gasteiger partial charge in [-0.2, -0.15) is 0 Å². The Morgan fingerprint density at radius 2 is 1.24 bits per heavy atom. The Morgan fingerprint density at radius 3 is 1.85 bits per heavy atom. The van der Waals surface area contributed by atoms with Crippen molar-refractivity contribution < 1.29 is 0 Å². The molecule has 0 aromatic heterocycles. The van der Waals surface area contributed by atoms with E-state index in [1.807, 2.05) is 0 Å². The molecule has 0 saturated carbocycles. The fraction of sp³-hybridized carbons (Fsp3) is 0.846. The molecule has 0 bridgehead atoms. The van der Waals surface area contributed by atoms with E-state index in [4.69, 9.17) is 0 Å². The molecule has 1 unspecified atom stereocenters. The summed E-state index contributed by atoms with van der Waals surface area (Å²) in [4.78, 5) is 5.42. The molecule has 2 nitrogen and oxygen atoms in total. The molecule has 0 aliphatic carbocycles. The van der Waals surface area contributed by atoms with Crippen molar-refractivity contribution >= 4 is 0 Å². The summed E-state index contributed by atoms with van der Waals surface area (Å²) in [5.41, 5.74) is 3.04. The first-order chi connectivity index (χ1) is 20.0. The molecule has 2 aliphatic heterocycles. The van der Waals surface area contributed by atoms with Crippen molar-refractivity contribution in [2.24, 2.45) is 11.8 Å². The van der Waals surface area contributed by atoms with Crippen LogP contribution in [-0.4, -0.2) is 48.6 Å². The second-order valence-corrected chi connectivity index (χ2v) is 13.9. The van der Waals surface area contributed by atoms with Crippen LogP contribution in [0.1, 0.15) is 162 Å². The average Bonchev–Trinajstić information content (AvgIpc) is 3.00. The Hall–Kier alpha value is -0.860. The van der Waals surface area contributed by atoms with Gasteiger partial charge in [-0.15, -0.1) is 0 Å². The minimum Gasteiger partial charge on any atom is -0.303 e. The highest BCUT2D eigenvalue weighted by Crippen LogP contribution is 2.31. The van der Waals surface area contributed by atoms with Crippen molar-refractivity contribution in [3.8, 4) is 0 Å². The third-order valence-corrected chi connectivity index (χ3v) is 10.4. The van der Waals surface area contributed by atoms with E-state index < -0.39 is 0 Å². The Morgan fingerprint density at radius 1 is 0.683 bits per heavy atom. The van der Waals surface area contributed by atoms with E-state index in [-0.39, 0.29) is 0 Å². The van der Waals surface area contributed by atoms with Crippen molar-refractivity contribution in [2.75, 3.05) is 32.7 Å². The molecule has 1 atom stereocenters. The highest BCUT2D eigenvalue weighted by molar-refractivity contribution is 5.03. The fourth-order valence-corrected chi connectivity index (χ4v) is 7.08. The standard InChI is InChI=1S/C39H72N2/c1-6-8-9-10-11-12-13-14-15-16-17-18-19-20-21-22-35(3)23-24-36(4)25-26-37(5)38-27-33-41(34-28-38)39-29-31-40(7-2)32-30-39/h11-12,36,38-39H,3,5-10,13-34H2,1-2,4H3/b12-11-. The largest absolute Gasteiger partial charge is 0.303 e. The Bertz CT molecular complexity index is 678. The molecule has 0 spiro atoms. The maximum Gasteiger partial charge on any atom is 0.0120 e. The van der Waals surface area contributed by atoms with Crippen molar-refractivity contribution in [2.45, 2.75) is 168 Å². The van der Waals surface area contributed by atoms with Crippen LogP contribution in [0.15, 0.2) is 36.5 Å². The number of hydrogen-bond donors (Lipinski definition) is 0. The van der Waals surface area contributed by atoms with Crippen LogP contribution in [-0.2, 0) is 0 Å². The molecular weight excluding hydrogens is 496 g/mol. The number of rotatable bonds is 24. The lowest BCUT2D eigenvalue weighted by Crippen LogP contribution is -2.47. The SMILES string of the molecule is C=C(CCCCCCCCCC/C=C\CCCCC)CCC(C)CCC(=C)C1CCN(C2CCN(CC)CC2)CC1. The van der Waals surface area contributed by atoms with Gasteiger partial charge in [0.1, 0.15) is 0 Å². The number of piperidine rings is 2. The van der Waals surface area contributed by atoms with Gasteiger partial charge in [0.05, 0.1) is 0 Å². The molecule has 41 heavy (non-hydrogen) atoms. The first kappa shape index (κ1) is 36.3. The third-order valence-electron chi connectivity index (χ3n) is 10.4. The van der Waals surface area contributed by atoms with Crippen molar-refractivity contribution in [3.63, 3.8) is 0 Å².